The van der Waals surface area contributed by atoms with Crippen LogP contribution in [-0.4, -0.2) is 27.3 Å². The van der Waals surface area contributed by atoms with E-state index in [1.165, 1.54) is 5.56 Å². The maximum atomic E-state index is 12.6. The summed E-state index contributed by atoms with van der Waals surface area (Å²) in [6.45, 7) is 4.39. The molecule has 0 spiro atoms. The Bertz CT molecular complexity index is 752. The van der Waals surface area contributed by atoms with Crippen molar-refractivity contribution in [3.8, 4) is 0 Å². The highest BCUT2D eigenvalue weighted by Gasteiger charge is 2.29. The van der Waals surface area contributed by atoms with Gasteiger partial charge in [0.1, 0.15) is 5.82 Å². The number of nitrogens with one attached hydrogen (secondary N) is 1. The predicted molar refractivity (Wildman–Crippen MR) is 90.7 cm³/mol. The number of hydrogen-bond donors (Lipinski definition) is 1. The van der Waals surface area contributed by atoms with Crippen molar-refractivity contribution in [3.05, 3.63) is 49.8 Å². The van der Waals surface area contributed by atoms with Crippen molar-refractivity contribution in [1.29, 1.82) is 0 Å². The lowest BCUT2D eigenvalue weighted by Crippen LogP contribution is -2.31. The first-order valence-corrected chi connectivity index (χ1v) is 8.88. The monoisotopic (exact) mass is 331 g/mol. The van der Waals surface area contributed by atoms with Crippen LogP contribution in [-0.2, 0) is 11.2 Å². The minimum atomic E-state index is -0.126. The highest BCUT2D eigenvalue weighted by molar-refractivity contribution is 7.07. The van der Waals surface area contributed by atoms with Crippen molar-refractivity contribution in [3.63, 3.8) is 0 Å². The van der Waals surface area contributed by atoms with Crippen molar-refractivity contribution >= 4 is 17.2 Å². The molecule has 1 saturated heterocycles. The molecule has 23 heavy (non-hydrogen) atoms. The molecule has 0 saturated carbocycles. The van der Waals surface area contributed by atoms with Crippen molar-refractivity contribution in [2.24, 2.45) is 0 Å². The van der Waals surface area contributed by atoms with Crippen LogP contribution in [0.5, 0.6) is 0 Å². The van der Waals surface area contributed by atoms with E-state index in [0.29, 0.717) is 24.2 Å². The van der Waals surface area contributed by atoms with E-state index in [-0.39, 0.29) is 17.5 Å². The number of amides is 1. The molecule has 0 bridgehead atoms. The van der Waals surface area contributed by atoms with Crippen LogP contribution in [0.25, 0.3) is 0 Å². The van der Waals surface area contributed by atoms with Crippen LogP contribution < -0.4 is 5.56 Å². The second-order valence-electron chi connectivity index (χ2n) is 6.02. The Labute approximate surface area is 139 Å². The van der Waals surface area contributed by atoms with E-state index in [1.807, 2.05) is 11.8 Å². The van der Waals surface area contributed by atoms with Gasteiger partial charge in [-0.15, -0.1) is 0 Å². The van der Waals surface area contributed by atoms with Gasteiger partial charge in [-0.3, -0.25) is 9.59 Å². The lowest BCUT2D eigenvalue weighted by molar-refractivity contribution is -0.132. The smallest absolute Gasteiger partial charge is 0.254 e. The Morgan fingerprint density at radius 3 is 3.00 bits per heavy atom. The standard InChI is InChI=1S/C17H21N3O2S/c1-11-14(17(22)19-12(2)18-11)5-6-16(21)20-8-3-4-15(20)13-7-9-23-10-13/h7,9-10,15H,3-6,8H2,1-2H3,(H,18,19,22)/t15-/m1/s1. The topological polar surface area (TPSA) is 66.1 Å². The zero-order chi connectivity index (χ0) is 16.4. The third-order valence-corrected chi connectivity index (χ3v) is 5.13. The quantitative estimate of drug-likeness (QED) is 0.937. The van der Waals surface area contributed by atoms with Gasteiger partial charge in [-0.25, -0.2) is 4.98 Å². The molecule has 2 aromatic rings. The van der Waals surface area contributed by atoms with Crippen molar-refractivity contribution in [2.45, 2.75) is 45.6 Å². The van der Waals surface area contributed by atoms with Gasteiger partial charge in [-0.05, 0) is 55.5 Å². The van der Waals surface area contributed by atoms with Crippen LogP contribution in [0.4, 0.5) is 0 Å². The van der Waals surface area contributed by atoms with E-state index in [0.717, 1.165) is 25.1 Å². The van der Waals surface area contributed by atoms with E-state index < -0.39 is 0 Å². The van der Waals surface area contributed by atoms with Gasteiger partial charge in [-0.1, -0.05) is 0 Å². The normalized spacial score (nSPS) is 17.7. The molecule has 2 aromatic heterocycles. The van der Waals surface area contributed by atoms with Gasteiger partial charge in [-0.2, -0.15) is 11.3 Å². The Morgan fingerprint density at radius 2 is 2.30 bits per heavy atom. The third kappa shape index (κ3) is 3.37. The molecule has 5 nitrogen and oxygen atoms in total. The van der Waals surface area contributed by atoms with Gasteiger partial charge in [0.05, 0.1) is 6.04 Å². The van der Waals surface area contributed by atoms with E-state index in [4.69, 9.17) is 0 Å². The summed E-state index contributed by atoms with van der Waals surface area (Å²) >= 11 is 1.66. The minimum absolute atomic E-state index is 0.123. The number of aryl methyl sites for hydroxylation is 2. The number of aromatic nitrogens is 2. The fourth-order valence-corrected chi connectivity index (χ4v) is 4.00. The van der Waals surface area contributed by atoms with Crippen LogP contribution in [0, 0.1) is 13.8 Å². The first kappa shape index (κ1) is 15.9. The molecule has 0 aromatic carbocycles. The van der Waals surface area contributed by atoms with Gasteiger partial charge in [0.15, 0.2) is 0 Å². The Kier molecular flexibility index (Phi) is 4.61. The van der Waals surface area contributed by atoms with E-state index in [1.54, 1.807) is 18.3 Å². The Hall–Kier alpha value is -1.95. The summed E-state index contributed by atoms with van der Waals surface area (Å²) in [5, 5.41) is 4.17. The molecule has 1 aliphatic heterocycles. The minimum Gasteiger partial charge on any atom is -0.336 e. The molecule has 1 atom stereocenters. The molecule has 3 heterocycles. The number of carbonyl (C=O) groups excluding carboxylic acids is 1. The SMILES string of the molecule is Cc1nc(C)c(CCC(=O)N2CCC[C@@H]2c2ccsc2)c(=O)[nH]1. The van der Waals surface area contributed by atoms with Crippen LogP contribution in [0.3, 0.4) is 0 Å². The van der Waals surface area contributed by atoms with Gasteiger partial charge in [0, 0.05) is 24.2 Å². The van der Waals surface area contributed by atoms with E-state index in [9.17, 15) is 9.59 Å². The first-order valence-electron chi connectivity index (χ1n) is 7.94. The molecule has 1 amide bonds. The summed E-state index contributed by atoms with van der Waals surface area (Å²) < 4.78 is 0. The molecule has 0 radical (unpaired) electrons. The predicted octanol–water partition coefficient (Wildman–Crippen LogP) is 2.74. The highest BCUT2D eigenvalue weighted by Crippen LogP contribution is 2.33. The Balaban J connectivity index is 1.69. The number of rotatable bonds is 4. The zero-order valence-electron chi connectivity index (χ0n) is 13.5. The summed E-state index contributed by atoms with van der Waals surface area (Å²) in [5.74, 6) is 0.734. The fraction of sp³-hybridized carbons (Fsp3) is 0.471. The number of H-pyrrole nitrogens is 1. The number of aromatic amines is 1. The number of hydrogen-bond acceptors (Lipinski definition) is 4. The molecule has 1 fully saturated rings. The van der Waals surface area contributed by atoms with Crippen LogP contribution >= 0.6 is 11.3 Å². The average Bonchev–Trinajstić information content (AvgIpc) is 3.16. The van der Waals surface area contributed by atoms with Crippen LogP contribution in [0.1, 0.15) is 47.9 Å². The van der Waals surface area contributed by atoms with E-state index >= 15 is 0 Å². The molecule has 1 aliphatic rings. The first-order chi connectivity index (χ1) is 11.1. The third-order valence-electron chi connectivity index (χ3n) is 4.43. The van der Waals surface area contributed by atoms with Crippen molar-refractivity contribution < 1.29 is 4.79 Å². The summed E-state index contributed by atoms with van der Waals surface area (Å²) in [6, 6.07) is 2.30. The van der Waals surface area contributed by atoms with Gasteiger partial charge in [0.25, 0.3) is 5.56 Å². The number of carbonyl (C=O) groups is 1. The van der Waals surface area contributed by atoms with Gasteiger partial charge >= 0.3 is 0 Å². The Morgan fingerprint density at radius 1 is 1.48 bits per heavy atom. The summed E-state index contributed by atoms with van der Waals surface area (Å²) in [5.41, 5.74) is 2.44. The summed E-state index contributed by atoms with van der Waals surface area (Å²) in [4.78, 5) is 33.6. The molecule has 3 rings (SSSR count). The zero-order valence-corrected chi connectivity index (χ0v) is 14.3. The molecular weight excluding hydrogens is 310 g/mol. The number of likely N-dealkylation sites (tertiary alicyclic amines) is 1. The highest BCUT2D eigenvalue weighted by atomic mass is 32.1. The maximum Gasteiger partial charge on any atom is 0.254 e. The van der Waals surface area contributed by atoms with Crippen molar-refractivity contribution in [2.75, 3.05) is 6.54 Å². The molecule has 0 unspecified atom stereocenters. The molecule has 0 aliphatic carbocycles. The number of thiophene rings is 1. The molecular formula is C17H21N3O2S. The average molecular weight is 331 g/mol. The maximum absolute atomic E-state index is 12.6. The largest absolute Gasteiger partial charge is 0.336 e. The number of nitrogens with zero attached hydrogens (tertiary/aromatic N) is 2. The lowest BCUT2D eigenvalue weighted by atomic mass is 10.1. The fourth-order valence-electron chi connectivity index (χ4n) is 3.30. The molecule has 1 N–H and O–H groups in total. The second-order valence-corrected chi connectivity index (χ2v) is 6.80. The van der Waals surface area contributed by atoms with Gasteiger partial charge in [0.2, 0.25) is 5.91 Å². The lowest BCUT2D eigenvalue weighted by Gasteiger charge is -2.24. The second kappa shape index (κ2) is 6.66. The van der Waals surface area contributed by atoms with Gasteiger partial charge < -0.3 is 9.88 Å². The van der Waals surface area contributed by atoms with Crippen molar-refractivity contribution in [1.82, 2.24) is 14.9 Å². The molecule has 6 heteroatoms. The molecule has 122 valence electrons. The van der Waals surface area contributed by atoms with E-state index in [2.05, 4.69) is 26.8 Å². The summed E-state index contributed by atoms with van der Waals surface area (Å²) in [6.07, 6.45) is 2.86. The summed E-state index contributed by atoms with van der Waals surface area (Å²) in [7, 11) is 0. The van der Waals surface area contributed by atoms with Crippen LogP contribution in [0.2, 0.25) is 0 Å². The van der Waals surface area contributed by atoms with Crippen LogP contribution in [0.15, 0.2) is 21.6 Å².